The van der Waals surface area contributed by atoms with E-state index < -0.39 is 12.1 Å². The van der Waals surface area contributed by atoms with Crippen LogP contribution >= 0.6 is 11.6 Å². The van der Waals surface area contributed by atoms with Crippen molar-refractivity contribution < 1.29 is 19.1 Å². The molecule has 10 heteroatoms. The van der Waals surface area contributed by atoms with E-state index in [1.54, 1.807) is 18.0 Å². The third-order valence-corrected chi connectivity index (χ3v) is 8.22. The van der Waals surface area contributed by atoms with Gasteiger partial charge in [0.05, 0.1) is 12.3 Å². The van der Waals surface area contributed by atoms with Gasteiger partial charge >= 0.3 is 6.09 Å². The first-order chi connectivity index (χ1) is 20.8. The summed E-state index contributed by atoms with van der Waals surface area (Å²) in [6, 6.07) is 19.3. The van der Waals surface area contributed by atoms with Gasteiger partial charge in [-0.2, -0.15) is 0 Å². The zero-order chi connectivity index (χ0) is 30.3. The molecule has 1 unspecified atom stereocenters. The summed E-state index contributed by atoms with van der Waals surface area (Å²) >= 11 is 6.44. The number of ether oxygens (including phenoxy) is 1. The fraction of sp³-hybridized carbons (Fsp3) is 0.394. The van der Waals surface area contributed by atoms with Crippen LogP contribution in [0, 0.1) is 0 Å². The number of aliphatic imine (C=N–C) groups is 1. The second-order valence-corrected chi connectivity index (χ2v) is 11.5. The molecular formula is C33H38ClN5O4. The number of nitrogens with one attached hydrogen (secondary N) is 2. The van der Waals surface area contributed by atoms with E-state index >= 15 is 0 Å². The number of amides is 3. The van der Waals surface area contributed by atoms with Crippen LogP contribution < -0.4 is 15.5 Å². The van der Waals surface area contributed by atoms with E-state index in [0.29, 0.717) is 44.0 Å². The molecule has 0 aromatic heterocycles. The molecule has 2 heterocycles. The van der Waals surface area contributed by atoms with Gasteiger partial charge in [0.2, 0.25) is 5.91 Å². The monoisotopic (exact) mass is 603 g/mol. The smallest absolute Gasteiger partial charge is 0.407 e. The van der Waals surface area contributed by atoms with Crippen LogP contribution in [0.2, 0.25) is 5.02 Å². The molecule has 2 aliphatic rings. The van der Waals surface area contributed by atoms with Gasteiger partial charge in [-0.15, -0.1) is 0 Å². The zero-order valence-electron chi connectivity index (χ0n) is 24.6. The number of rotatable bonds is 8. The Labute approximate surface area is 257 Å². The number of piperidine rings is 1. The predicted molar refractivity (Wildman–Crippen MR) is 170 cm³/mol. The number of likely N-dealkylation sites (tertiary alicyclic amines) is 1. The van der Waals surface area contributed by atoms with Crippen molar-refractivity contribution in [2.45, 2.75) is 51.1 Å². The van der Waals surface area contributed by atoms with Gasteiger partial charge < -0.3 is 25.2 Å². The molecule has 2 aliphatic heterocycles. The van der Waals surface area contributed by atoms with E-state index in [2.05, 4.69) is 45.9 Å². The maximum absolute atomic E-state index is 13.7. The third kappa shape index (κ3) is 7.46. The standard InChI is InChI=1S/C33H38ClN5O4/c1-3-4-17-43-33(42)35-21-30(40)36-26-13-15-39(16-14-26)31-27-20-25(34)11-12-29(27)38(2)32(41)28(37-31)19-22-9-10-23-7-5-6-8-24(23)18-22/h5-12,18,20,26,28H,3-4,13-17,19,21H2,1-2H3,(H,35,42)(H,36,40). The summed E-state index contributed by atoms with van der Waals surface area (Å²) in [6.07, 6.45) is 2.99. The second kappa shape index (κ2) is 13.9. The van der Waals surface area contributed by atoms with E-state index in [4.69, 9.17) is 21.3 Å². The molecule has 3 aromatic rings. The Morgan fingerprint density at radius 1 is 1.05 bits per heavy atom. The second-order valence-electron chi connectivity index (χ2n) is 11.1. The molecule has 0 aliphatic carbocycles. The molecule has 2 N–H and O–H groups in total. The number of benzene rings is 3. The quantitative estimate of drug-likeness (QED) is 0.355. The topological polar surface area (TPSA) is 103 Å². The molecule has 1 saturated heterocycles. The highest BCUT2D eigenvalue weighted by Crippen LogP contribution is 2.31. The van der Waals surface area contributed by atoms with Crippen molar-refractivity contribution >= 4 is 51.8 Å². The first kappa shape index (κ1) is 30.4. The number of carbonyl (C=O) groups excluding carboxylic acids is 3. The number of halogens is 1. The fourth-order valence-corrected chi connectivity index (χ4v) is 5.77. The van der Waals surface area contributed by atoms with Crippen LogP contribution in [-0.2, 0) is 20.7 Å². The van der Waals surface area contributed by atoms with Gasteiger partial charge in [-0.25, -0.2) is 4.79 Å². The van der Waals surface area contributed by atoms with Crippen LogP contribution in [0.5, 0.6) is 0 Å². The summed E-state index contributed by atoms with van der Waals surface area (Å²) in [5.41, 5.74) is 2.63. The maximum atomic E-state index is 13.7. The molecule has 0 spiro atoms. The summed E-state index contributed by atoms with van der Waals surface area (Å²) in [5, 5.41) is 8.37. The molecule has 0 saturated carbocycles. The number of benzodiazepines with no additional fused rings is 1. The lowest BCUT2D eigenvalue weighted by Gasteiger charge is -2.35. The number of nitrogens with zero attached hydrogens (tertiary/aromatic N) is 3. The first-order valence-electron chi connectivity index (χ1n) is 14.9. The molecule has 43 heavy (non-hydrogen) atoms. The minimum absolute atomic E-state index is 0.0374. The largest absolute Gasteiger partial charge is 0.450 e. The van der Waals surface area contributed by atoms with Gasteiger partial charge in [0, 0.05) is 43.2 Å². The summed E-state index contributed by atoms with van der Waals surface area (Å²) in [5.74, 6) is 0.411. The molecule has 3 aromatic carbocycles. The van der Waals surface area contributed by atoms with Gasteiger partial charge in [-0.05, 0) is 53.8 Å². The van der Waals surface area contributed by atoms with Crippen molar-refractivity contribution in [2.24, 2.45) is 4.99 Å². The Balaban J connectivity index is 1.29. The Morgan fingerprint density at radius 2 is 1.81 bits per heavy atom. The highest BCUT2D eigenvalue weighted by Gasteiger charge is 2.33. The SMILES string of the molecule is CCCCOC(=O)NCC(=O)NC1CCN(C2=NC(Cc3ccc4ccccc4c3)C(=O)N(C)c3ccc(Cl)cc32)CC1. The van der Waals surface area contributed by atoms with Crippen molar-refractivity contribution in [3.05, 3.63) is 76.8 Å². The van der Waals surface area contributed by atoms with E-state index in [1.807, 2.05) is 31.2 Å². The Morgan fingerprint density at radius 3 is 2.58 bits per heavy atom. The minimum Gasteiger partial charge on any atom is -0.450 e. The van der Waals surface area contributed by atoms with Crippen LogP contribution in [0.25, 0.3) is 10.8 Å². The number of carbonyl (C=O) groups is 3. The average Bonchev–Trinajstić information content (AvgIpc) is 3.11. The highest BCUT2D eigenvalue weighted by molar-refractivity contribution is 6.31. The molecule has 1 atom stereocenters. The number of likely N-dealkylation sites (N-methyl/N-ethyl adjacent to an activating group) is 1. The highest BCUT2D eigenvalue weighted by atomic mass is 35.5. The van der Waals surface area contributed by atoms with Crippen LogP contribution in [0.1, 0.15) is 43.7 Å². The molecule has 0 bridgehead atoms. The number of anilines is 1. The number of fused-ring (bicyclic) bond motifs is 2. The van der Waals surface area contributed by atoms with Crippen molar-refractivity contribution in [1.29, 1.82) is 0 Å². The lowest BCUT2D eigenvalue weighted by molar-refractivity contribution is -0.121. The molecule has 0 radical (unpaired) electrons. The molecule has 9 nitrogen and oxygen atoms in total. The van der Waals surface area contributed by atoms with Gasteiger partial charge in [-0.1, -0.05) is 67.4 Å². The Kier molecular flexibility index (Phi) is 9.82. The molecule has 226 valence electrons. The fourth-order valence-electron chi connectivity index (χ4n) is 5.60. The van der Waals surface area contributed by atoms with Crippen molar-refractivity contribution in [3.8, 4) is 0 Å². The zero-order valence-corrected chi connectivity index (χ0v) is 25.4. The normalized spacial score (nSPS) is 17.2. The van der Waals surface area contributed by atoms with Crippen molar-refractivity contribution in [2.75, 3.05) is 38.2 Å². The van der Waals surface area contributed by atoms with Gasteiger partial charge in [-0.3, -0.25) is 14.6 Å². The first-order valence-corrected chi connectivity index (χ1v) is 15.3. The van der Waals surface area contributed by atoms with Gasteiger partial charge in [0.25, 0.3) is 5.91 Å². The number of unbranched alkanes of at least 4 members (excludes halogenated alkanes) is 1. The van der Waals surface area contributed by atoms with Crippen molar-refractivity contribution in [1.82, 2.24) is 15.5 Å². The molecule has 1 fully saturated rings. The van der Waals surface area contributed by atoms with E-state index in [9.17, 15) is 14.4 Å². The summed E-state index contributed by atoms with van der Waals surface area (Å²) < 4.78 is 5.04. The summed E-state index contributed by atoms with van der Waals surface area (Å²) in [6.45, 7) is 3.50. The third-order valence-electron chi connectivity index (χ3n) is 7.98. The number of alkyl carbamates (subject to hydrolysis) is 1. The number of hydrogen-bond acceptors (Lipinski definition) is 6. The molecular weight excluding hydrogens is 566 g/mol. The Hall–Kier alpha value is -4.11. The van der Waals surface area contributed by atoms with Crippen LogP contribution in [0.4, 0.5) is 10.5 Å². The van der Waals surface area contributed by atoms with E-state index in [0.717, 1.165) is 46.3 Å². The summed E-state index contributed by atoms with van der Waals surface area (Å²) in [7, 11) is 1.79. The molecule has 3 amide bonds. The van der Waals surface area contributed by atoms with Crippen LogP contribution in [-0.4, -0.2) is 74.0 Å². The maximum Gasteiger partial charge on any atom is 0.407 e. The number of amidine groups is 1. The Bertz CT molecular complexity index is 1520. The number of hydrogen-bond donors (Lipinski definition) is 2. The lowest BCUT2D eigenvalue weighted by atomic mass is 10.0. The van der Waals surface area contributed by atoms with Gasteiger partial charge in [0.1, 0.15) is 18.4 Å². The van der Waals surface area contributed by atoms with Crippen LogP contribution in [0.15, 0.2) is 65.7 Å². The van der Waals surface area contributed by atoms with Crippen molar-refractivity contribution in [3.63, 3.8) is 0 Å². The minimum atomic E-state index is -0.604. The predicted octanol–water partition coefficient (Wildman–Crippen LogP) is 4.93. The molecule has 5 rings (SSSR count). The average molecular weight is 604 g/mol. The summed E-state index contributed by atoms with van der Waals surface area (Å²) in [4.78, 5) is 46.9. The lowest BCUT2D eigenvalue weighted by Crippen LogP contribution is -2.49. The van der Waals surface area contributed by atoms with Gasteiger partial charge in [0.15, 0.2) is 0 Å². The van der Waals surface area contributed by atoms with E-state index in [-0.39, 0.29) is 24.4 Å². The van der Waals surface area contributed by atoms with E-state index in [1.165, 1.54) is 0 Å². The van der Waals surface area contributed by atoms with Crippen LogP contribution in [0.3, 0.4) is 0 Å².